The standard InChI is InChI=1S/C18H22N2O/c1-20(18(19)16-8-4-3-5-9-16)14-6-7-15-10-12-17(21-2)13-11-15/h3-13,18H,14,19H2,1-2H3. The minimum absolute atomic E-state index is 0.0910. The van der Waals surface area contributed by atoms with Crippen molar-refractivity contribution in [3.05, 3.63) is 71.8 Å². The first kappa shape index (κ1) is 15.3. The van der Waals surface area contributed by atoms with Gasteiger partial charge in [-0.1, -0.05) is 54.6 Å². The van der Waals surface area contributed by atoms with Gasteiger partial charge < -0.3 is 10.5 Å². The quantitative estimate of drug-likeness (QED) is 0.826. The predicted molar refractivity (Wildman–Crippen MR) is 88.0 cm³/mol. The fourth-order valence-electron chi connectivity index (χ4n) is 2.09. The molecule has 110 valence electrons. The van der Waals surface area contributed by atoms with Gasteiger partial charge in [-0.3, -0.25) is 4.90 Å². The van der Waals surface area contributed by atoms with Crippen LogP contribution >= 0.6 is 0 Å². The van der Waals surface area contributed by atoms with E-state index in [1.807, 2.05) is 61.6 Å². The van der Waals surface area contributed by atoms with Crippen LogP contribution in [0.25, 0.3) is 6.08 Å². The Morgan fingerprint density at radius 1 is 1.10 bits per heavy atom. The summed E-state index contributed by atoms with van der Waals surface area (Å²) < 4.78 is 5.14. The molecule has 2 rings (SSSR count). The van der Waals surface area contributed by atoms with E-state index in [0.717, 1.165) is 23.4 Å². The fraction of sp³-hybridized carbons (Fsp3) is 0.222. The third-order valence-corrected chi connectivity index (χ3v) is 3.44. The molecule has 0 saturated heterocycles. The molecule has 0 spiro atoms. The van der Waals surface area contributed by atoms with E-state index in [4.69, 9.17) is 10.5 Å². The molecule has 0 aliphatic heterocycles. The summed E-state index contributed by atoms with van der Waals surface area (Å²) in [6, 6.07) is 18.1. The normalized spacial score (nSPS) is 12.8. The fourth-order valence-corrected chi connectivity index (χ4v) is 2.09. The zero-order valence-electron chi connectivity index (χ0n) is 12.6. The van der Waals surface area contributed by atoms with Gasteiger partial charge in [-0.15, -0.1) is 0 Å². The highest BCUT2D eigenvalue weighted by atomic mass is 16.5. The highest BCUT2D eigenvalue weighted by molar-refractivity contribution is 5.50. The lowest BCUT2D eigenvalue weighted by molar-refractivity contribution is 0.277. The highest BCUT2D eigenvalue weighted by Gasteiger charge is 2.09. The van der Waals surface area contributed by atoms with Crippen molar-refractivity contribution in [2.24, 2.45) is 5.73 Å². The molecule has 0 saturated carbocycles. The molecule has 0 bridgehead atoms. The number of hydrogen-bond acceptors (Lipinski definition) is 3. The molecule has 2 N–H and O–H groups in total. The Morgan fingerprint density at radius 2 is 1.76 bits per heavy atom. The molecule has 0 radical (unpaired) electrons. The van der Waals surface area contributed by atoms with Crippen LogP contribution in [0.5, 0.6) is 5.75 Å². The number of rotatable bonds is 6. The van der Waals surface area contributed by atoms with Gasteiger partial charge in [0.15, 0.2) is 0 Å². The van der Waals surface area contributed by atoms with Crippen LogP contribution in [-0.2, 0) is 0 Å². The lowest BCUT2D eigenvalue weighted by atomic mass is 10.1. The van der Waals surface area contributed by atoms with Crippen LogP contribution in [0.3, 0.4) is 0 Å². The monoisotopic (exact) mass is 282 g/mol. The summed E-state index contributed by atoms with van der Waals surface area (Å²) in [4.78, 5) is 2.11. The summed E-state index contributed by atoms with van der Waals surface area (Å²) in [7, 11) is 3.70. The van der Waals surface area contributed by atoms with Crippen LogP contribution in [0.1, 0.15) is 17.3 Å². The van der Waals surface area contributed by atoms with E-state index in [-0.39, 0.29) is 6.17 Å². The third-order valence-electron chi connectivity index (χ3n) is 3.44. The maximum Gasteiger partial charge on any atom is 0.118 e. The first-order chi connectivity index (χ1) is 10.2. The van der Waals surface area contributed by atoms with Crippen LogP contribution < -0.4 is 10.5 Å². The molecule has 1 atom stereocenters. The van der Waals surface area contributed by atoms with Crippen molar-refractivity contribution in [3.8, 4) is 5.75 Å². The molecule has 3 nitrogen and oxygen atoms in total. The summed E-state index contributed by atoms with van der Waals surface area (Å²) >= 11 is 0. The Hall–Kier alpha value is -2.10. The Morgan fingerprint density at radius 3 is 2.38 bits per heavy atom. The van der Waals surface area contributed by atoms with Crippen molar-refractivity contribution in [1.29, 1.82) is 0 Å². The summed E-state index contributed by atoms with van der Waals surface area (Å²) in [5.41, 5.74) is 8.50. The van der Waals surface area contributed by atoms with Crippen molar-refractivity contribution in [1.82, 2.24) is 4.90 Å². The van der Waals surface area contributed by atoms with E-state index < -0.39 is 0 Å². The summed E-state index contributed by atoms with van der Waals surface area (Å²) in [6.45, 7) is 0.794. The molecule has 2 aromatic rings. The molecular weight excluding hydrogens is 260 g/mol. The number of benzene rings is 2. The van der Waals surface area contributed by atoms with Gasteiger partial charge in [0.05, 0.1) is 13.3 Å². The second-order valence-corrected chi connectivity index (χ2v) is 4.97. The van der Waals surface area contributed by atoms with E-state index in [9.17, 15) is 0 Å². The third kappa shape index (κ3) is 4.45. The van der Waals surface area contributed by atoms with Crippen molar-refractivity contribution < 1.29 is 4.74 Å². The zero-order chi connectivity index (χ0) is 15.1. The van der Waals surface area contributed by atoms with Crippen molar-refractivity contribution in [2.75, 3.05) is 20.7 Å². The van der Waals surface area contributed by atoms with Gasteiger partial charge >= 0.3 is 0 Å². The second-order valence-electron chi connectivity index (χ2n) is 4.97. The number of nitrogens with two attached hydrogens (primary N) is 1. The number of hydrogen-bond donors (Lipinski definition) is 1. The van der Waals surface area contributed by atoms with E-state index in [1.165, 1.54) is 0 Å². The minimum Gasteiger partial charge on any atom is -0.497 e. The molecule has 0 aliphatic rings. The first-order valence-corrected chi connectivity index (χ1v) is 7.02. The van der Waals surface area contributed by atoms with Gasteiger partial charge in [0.2, 0.25) is 0 Å². The van der Waals surface area contributed by atoms with Crippen LogP contribution in [0.2, 0.25) is 0 Å². The van der Waals surface area contributed by atoms with Crippen LogP contribution in [0.4, 0.5) is 0 Å². The smallest absolute Gasteiger partial charge is 0.118 e. The molecule has 21 heavy (non-hydrogen) atoms. The molecule has 0 aliphatic carbocycles. The van der Waals surface area contributed by atoms with Gasteiger partial charge in [-0.25, -0.2) is 0 Å². The SMILES string of the molecule is COc1ccc(C=CCN(C)C(N)c2ccccc2)cc1. The van der Waals surface area contributed by atoms with E-state index >= 15 is 0 Å². The average Bonchev–Trinajstić information content (AvgIpc) is 2.55. The van der Waals surface area contributed by atoms with E-state index in [0.29, 0.717) is 0 Å². The van der Waals surface area contributed by atoms with Crippen LogP contribution in [-0.4, -0.2) is 25.6 Å². The topological polar surface area (TPSA) is 38.5 Å². The second kappa shape index (κ2) is 7.62. The average molecular weight is 282 g/mol. The summed E-state index contributed by atoms with van der Waals surface area (Å²) in [5.74, 6) is 0.871. The van der Waals surface area contributed by atoms with E-state index in [2.05, 4.69) is 17.1 Å². The van der Waals surface area contributed by atoms with Gasteiger partial charge in [-0.2, -0.15) is 0 Å². The van der Waals surface area contributed by atoms with Gasteiger partial charge in [0.1, 0.15) is 5.75 Å². The molecule has 1 unspecified atom stereocenters. The highest BCUT2D eigenvalue weighted by Crippen LogP contribution is 2.14. The number of methoxy groups -OCH3 is 1. The summed E-state index contributed by atoms with van der Waals surface area (Å²) in [6.07, 6.45) is 4.12. The molecule has 0 aromatic heterocycles. The minimum atomic E-state index is -0.0910. The number of likely N-dealkylation sites (N-methyl/N-ethyl adjacent to an activating group) is 1. The predicted octanol–water partition coefficient (Wildman–Crippen LogP) is 3.30. The number of ether oxygens (including phenoxy) is 1. The maximum atomic E-state index is 6.23. The Balaban J connectivity index is 1.90. The van der Waals surface area contributed by atoms with Crippen molar-refractivity contribution in [3.63, 3.8) is 0 Å². The van der Waals surface area contributed by atoms with Gasteiger partial charge in [0, 0.05) is 6.54 Å². The van der Waals surface area contributed by atoms with Crippen molar-refractivity contribution in [2.45, 2.75) is 6.17 Å². The Labute approximate surface area is 126 Å². The molecule has 3 heteroatoms. The molecule has 0 fully saturated rings. The molecule has 0 heterocycles. The van der Waals surface area contributed by atoms with Gasteiger partial charge in [-0.05, 0) is 30.3 Å². The van der Waals surface area contributed by atoms with Crippen LogP contribution in [0.15, 0.2) is 60.7 Å². The lowest BCUT2D eigenvalue weighted by Crippen LogP contribution is -2.31. The van der Waals surface area contributed by atoms with Gasteiger partial charge in [0.25, 0.3) is 0 Å². The first-order valence-electron chi connectivity index (χ1n) is 7.02. The van der Waals surface area contributed by atoms with Crippen LogP contribution in [0, 0.1) is 0 Å². The largest absolute Gasteiger partial charge is 0.497 e. The molecule has 0 amide bonds. The van der Waals surface area contributed by atoms with Crippen molar-refractivity contribution >= 4 is 6.08 Å². The maximum absolute atomic E-state index is 6.23. The summed E-state index contributed by atoms with van der Waals surface area (Å²) in [5, 5.41) is 0. The molecule has 2 aromatic carbocycles. The van der Waals surface area contributed by atoms with E-state index in [1.54, 1.807) is 7.11 Å². The molecular formula is C18H22N2O. The zero-order valence-corrected chi connectivity index (χ0v) is 12.6. The number of nitrogens with zero attached hydrogens (tertiary/aromatic N) is 1. The Bertz CT molecular complexity index is 564. The lowest BCUT2D eigenvalue weighted by Gasteiger charge is -2.23. The Kier molecular flexibility index (Phi) is 5.55.